The number of nitrogens with zero attached hydrogens (tertiary/aromatic N) is 1. The van der Waals surface area contributed by atoms with E-state index in [2.05, 4.69) is 5.32 Å². The highest BCUT2D eigenvalue weighted by Crippen LogP contribution is 2.44. The Kier molecular flexibility index (Phi) is 3.65. The number of carboxylic acid groups (broad SMARTS) is 1. The summed E-state index contributed by atoms with van der Waals surface area (Å²) in [5.41, 5.74) is 0.149. The molecule has 0 aliphatic heterocycles. The van der Waals surface area contributed by atoms with Crippen molar-refractivity contribution in [3.05, 3.63) is 28.2 Å². The number of nitrogens with one attached hydrogen (secondary N) is 1. The molecule has 0 bridgehead atoms. The van der Waals surface area contributed by atoms with Gasteiger partial charge in [0, 0.05) is 25.7 Å². The molecule has 1 fully saturated rings. The summed E-state index contributed by atoms with van der Waals surface area (Å²) in [6.45, 7) is 1.73. The molecule has 0 spiro atoms. The first-order valence-electron chi connectivity index (χ1n) is 6.55. The number of hydrogen-bond acceptors (Lipinski definition) is 3. The topological polar surface area (TPSA) is 88.4 Å². The third kappa shape index (κ3) is 2.59. The summed E-state index contributed by atoms with van der Waals surface area (Å²) >= 11 is 0. The molecule has 1 amide bonds. The number of hydrogen-bond donors (Lipinski definition) is 2. The summed E-state index contributed by atoms with van der Waals surface area (Å²) in [6.07, 6.45) is 3.46. The van der Waals surface area contributed by atoms with E-state index in [1.54, 1.807) is 20.2 Å². The van der Waals surface area contributed by atoms with Gasteiger partial charge in [0.15, 0.2) is 0 Å². The fourth-order valence-electron chi connectivity index (χ4n) is 2.43. The predicted octanol–water partition coefficient (Wildman–Crippen LogP) is 1.28. The van der Waals surface area contributed by atoms with Gasteiger partial charge in [-0.2, -0.15) is 0 Å². The zero-order valence-electron chi connectivity index (χ0n) is 11.6. The number of carboxylic acids is 1. The molecule has 0 unspecified atom stereocenters. The minimum absolute atomic E-state index is 0.0232. The van der Waals surface area contributed by atoms with E-state index in [0.29, 0.717) is 24.1 Å². The van der Waals surface area contributed by atoms with Crippen LogP contribution < -0.4 is 10.9 Å². The van der Waals surface area contributed by atoms with Gasteiger partial charge in [-0.1, -0.05) is 6.42 Å². The highest BCUT2D eigenvalue weighted by molar-refractivity contribution is 5.95. The molecule has 2 N–H and O–H groups in total. The van der Waals surface area contributed by atoms with Gasteiger partial charge in [-0.3, -0.25) is 14.4 Å². The molecule has 1 aromatic heterocycles. The van der Waals surface area contributed by atoms with Crippen molar-refractivity contribution in [2.45, 2.75) is 32.6 Å². The van der Waals surface area contributed by atoms with Crippen LogP contribution in [0.2, 0.25) is 0 Å². The van der Waals surface area contributed by atoms with Crippen LogP contribution in [0.4, 0.5) is 5.69 Å². The number of pyridine rings is 1. The zero-order chi connectivity index (χ0) is 14.9. The summed E-state index contributed by atoms with van der Waals surface area (Å²) in [5.74, 6) is -1.23. The van der Waals surface area contributed by atoms with E-state index in [1.807, 2.05) is 0 Å². The van der Waals surface area contributed by atoms with Gasteiger partial charge in [-0.05, 0) is 25.3 Å². The first kappa shape index (κ1) is 14.3. The molecule has 6 heteroatoms. The molecule has 1 heterocycles. The number of anilines is 1. The standard InChI is InChI=1S/C14H18N2O4/c1-9-6-12(18)16(2)8-10(9)15-11(17)7-14(13(19)20)4-3-5-14/h6,8H,3-5,7H2,1-2H3,(H,15,17)(H,19,20). The molecule has 1 aromatic rings. The van der Waals surface area contributed by atoms with Crippen molar-refractivity contribution in [2.24, 2.45) is 12.5 Å². The Morgan fingerprint density at radius 3 is 2.60 bits per heavy atom. The lowest BCUT2D eigenvalue weighted by Crippen LogP contribution is -2.41. The van der Waals surface area contributed by atoms with Gasteiger partial charge in [0.05, 0.1) is 11.1 Å². The maximum absolute atomic E-state index is 12.0. The van der Waals surface area contributed by atoms with Gasteiger partial charge in [0.25, 0.3) is 5.56 Å². The fraction of sp³-hybridized carbons (Fsp3) is 0.500. The lowest BCUT2D eigenvalue weighted by Gasteiger charge is -2.36. The van der Waals surface area contributed by atoms with Crippen LogP contribution in [0.15, 0.2) is 17.1 Å². The fourth-order valence-corrected chi connectivity index (χ4v) is 2.43. The lowest BCUT2D eigenvalue weighted by molar-refractivity contribution is -0.157. The van der Waals surface area contributed by atoms with E-state index in [0.717, 1.165) is 6.42 Å². The Morgan fingerprint density at radius 2 is 2.10 bits per heavy atom. The van der Waals surface area contributed by atoms with Gasteiger partial charge in [-0.15, -0.1) is 0 Å². The number of rotatable bonds is 4. The quantitative estimate of drug-likeness (QED) is 0.868. The SMILES string of the molecule is Cc1cc(=O)n(C)cc1NC(=O)CC1(C(=O)O)CCC1. The van der Waals surface area contributed by atoms with Crippen molar-refractivity contribution in [3.8, 4) is 0 Å². The molecule has 0 aromatic carbocycles. The van der Waals surface area contributed by atoms with E-state index in [4.69, 9.17) is 0 Å². The summed E-state index contributed by atoms with van der Waals surface area (Å²) in [6, 6.07) is 1.44. The normalized spacial score (nSPS) is 16.3. The molecule has 0 saturated heterocycles. The van der Waals surface area contributed by atoms with E-state index in [9.17, 15) is 19.5 Å². The second-order valence-corrected chi connectivity index (χ2v) is 5.48. The van der Waals surface area contributed by atoms with Crippen molar-refractivity contribution in [1.82, 2.24) is 4.57 Å². The second-order valence-electron chi connectivity index (χ2n) is 5.48. The average molecular weight is 278 g/mol. The van der Waals surface area contributed by atoms with Gasteiger partial charge in [0.2, 0.25) is 5.91 Å². The molecular formula is C14H18N2O4. The van der Waals surface area contributed by atoms with Gasteiger partial charge in [-0.25, -0.2) is 0 Å². The third-order valence-electron chi connectivity index (χ3n) is 3.97. The molecule has 2 rings (SSSR count). The molecule has 1 aliphatic carbocycles. The van der Waals surface area contributed by atoms with Gasteiger partial charge < -0.3 is 15.0 Å². The molecule has 0 atom stereocenters. The van der Waals surface area contributed by atoms with Crippen LogP contribution in [-0.4, -0.2) is 21.6 Å². The van der Waals surface area contributed by atoms with E-state index >= 15 is 0 Å². The second kappa shape index (κ2) is 5.11. The maximum Gasteiger partial charge on any atom is 0.310 e. The van der Waals surface area contributed by atoms with Crippen LogP contribution in [-0.2, 0) is 16.6 Å². The monoisotopic (exact) mass is 278 g/mol. The average Bonchev–Trinajstić information content (AvgIpc) is 2.30. The van der Waals surface area contributed by atoms with Crippen LogP contribution >= 0.6 is 0 Å². The van der Waals surface area contributed by atoms with Crippen LogP contribution in [0.5, 0.6) is 0 Å². The minimum atomic E-state index is -0.906. The Balaban J connectivity index is 2.11. The van der Waals surface area contributed by atoms with Crippen molar-refractivity contribution < 1.29 is 14.7 Å². The number of aryl methyl sites for hydroxylation is 2. The van der Waals surface area contributed by atoms with E-state index < -0.39 is 11.4 Å². The summed E-state index contributed by atoms with van der Waals surface area (Å²) in [7, 11) is 1.60. The van der Waals surface area contributed by atoms with Crippen LogP contribution in [0.25, 0.3) is 0 Å². The van der Waals surface area contributed by atoms with Gasteiger partial charge >= 0.3 is 5.97 Å². The Labute approximate surface area is 116 Å². The Hall–Kier alpha value is -2.11. The number of carbonyl (C=O) groups excluding carboxylic acids is 1. The number of aromatic nitrogens is 1. The predicted molar refractivity (Wildman–Crippen MR) is 73.6 cm³/mol. The summed E-state index contributed by atoms with van der Waals surface area (Å²) in [5, 5.41) is 11.9. The van der Waals surface area contributed by atoms with Gasteiger partial charge in [0.1, 0.15) is 0 Å². The molecule has 1 saturated carbocycles. The van der Waals surface area contributed by atoms with Crippen molar-refractivity contribution >= 4 is 17.6 Å². The molecule has 0 radical (unpaired) electrons. The maximum atomic E-state index is 12.0. The van der Waals surface area contributed by atoms with Crippen LogP contribution in [0, 0.1) is 12.3 Å². The molecule has 20 heavy (non-hydrogen) atoms. The van der Waals surface area contributed by atoms with E-state index in [-0.39, 0.29) is 17.9 Å². The van der Waals surface area contributed by atoms with Crippen molar-refractivity contribution in [2.75, 3.05) is 5.32 Å². The van der Waals surface area contributed by atoms with Crippen LogP contribution in [0.1, 0.15) is 31.2 Å². The highest BCUT2D eigenvalue weighted by Gasteiger charge is 2.45. The Bertz CT molecular complexity index is 614. The smallest absolute Gasteiger partial charge is 0.310 e. The van der Waals surface area contributed by atoms with Crippen molar-refractivity contribution in [3.63, 3.8) is 0 Å². The molecular weight excluding hydrogens is 260 g/mol. The summed E-state index contributed by atoms with van der Waals surface area (Å²) in [4.78, 5) is 34.7. The van der Waals surface area contributed by atoms with Crippen molar-refractivity contribution in [1.29, 1.82) is 0 Å². The van der Waals surface area contributed by atoms with E-state index in [1.165, 1.54) is 10.6 Å². The molecule has 108 valence electrons. The third-order valence-corrected chi connectivity index (χ3v) is 3.97. The number of aliphatic carboxylic acids is 1. The Morgan fingerprint density at radius 1 is 1.45 bits per heavy atom. The number of amides is 1. The molecule has 1 aliphatic rings. The zero-order valence-corrected chi connectivity index (χ0v) is 11.6. The first-order valence-corrected chi connectivity index (χ1v) is 6.55. The minimum Gasteiger partial charge on any atom is -0.481 e. The summed E-state index contributed by atoms with van der Waals surface area (Å²) < 4.78 is 1.37. The lowest BCUT2D eigenvalue weighted by atomic mass is 9.66. The number of carbonyl (C=O) groups is 2. The highest BCUT2D eigenvalue weighted by atomic mass is 16.4. The first-order chi connectivity index (χ1) is 9.34. The largest absolute Gasteiger partial charge is 0.481 e. The molecule has 6 nitrogen and oxygen atoms in total. The van der Waals surface area contributed by atoms with Crippen LogP contribution in [0.3, 0.4) is 0 Å².